The van der Waals surface area contributed by atoms with Gasteiger partial charge >= 0.3 is 0 Å². The van der Waals surface area contributed by atoms with Crippen LogP contribution >= 0.6 is 0 Å². The summed E-state index contributed by atoms with van der Waals surface area (Å²) in [5.41, 5.74) is 8.94. The Balaban J connectivity index is 1.75. The van der Waals surface area contributed by atoms with Gasteiger partial charge in [-0.2, -0.15) is 0 Å². The zero-order chi connectivity index (χ0) is 14.7. The Labute approximate surface area is 127 Å². The van der Waals surface area contributed by atoms with Gasteiger partial charge in [0.1, 0.15) is 0 Å². The highest BCUT2D eigenvalue weighted by Gasteiger charge is 2.30. The van der Waals surface area contributed by atoms with E-state index in [1.54, 1.807) is 0 Å². The van der Waals surface area contributed by atoms with Crippen LogP contribution in [0.2, 0.25) is 0 Å². The molecule has 2 saturated carbocycles. The smallest absolute Gasteiger partial charge is 0.0474 e. The van der Waals surface area contributed by atoms with Crippen LogP contribution in [0.25, 0.3) is 0 Å². The predicted molar refractivity (Wildman–Crippen MR) is 86.2 cm³/mol. The SMILES string of the molecule is NCC(NC1CCCCC1CO)c1ccccc1C1CC1. The normalized spacial score (nSPS) is 27.5. The van der Waals surface area contributed by atoms with E-state index in [4.69, 9.17) is 5.73 Å². The van der Waals surface area contributed by atoms with Crippen LogP contribution in [0.1, 0.15) is 61.6 Å². The van der Waals surface area contributed by atoms with Gasteiger partial charge in [0.25, 0.3) is 0 Å². The highest BCUT2D eigenvalue weighted by atomic mass is 16.3. The molecule has 3 unspecified atom stereocenters. The van der Waals surface area contributed by atoms with Gasteiger partial charge in [-0.15, -0.1) is 0 Å². The van der Waals surface area contributed by atoms with Crippen LogP contribution in [-0.2, 0) is 0 Å². The Hall–Kier alpha value is -0.900. The maximum atomic E-state index is 9.60. The maximum Gasteiger partial charge on any atom is 0.0474 e. The van der Waals surface area contributed by atoms with Crippen molar-refractivity contribution in [3.05, 3.63) is 35.4 Å². The van der Waals surface area contributed by atoms with Crippen LogP contribution in [0.4, 0.5) is 0 Å². The van der Waals surface area contributed by atoms with E-state index in [1.807, 2.05) is 0 Å². The van der Waals surface area contributed by atoms with E-state index >= 15 is 0 Å². The van der Waals surface area contributed by atoms with Crippen LogP contribution in [0.3, 0.4) is 0 Å². The number of benzene rings is 1. The Morgan fingerprint density at radius 1 is 1.14 bits per heavy atom. The quantitative estimate of drug-likeness (QED) is 0.754. The molecule has 4 N–H and O–H groups in total. The molecular formula is C18H28N2O. The summed E-state index contributed by atoms with van der Waals surface area (Å²) in [5, 5.41) is 13.4. The second-order valence-corrected chi connectivity index (χ2v) is 6.69. The van der Waals surface area contributed by atoms with Gasteiger partial charge in [-0.3, -0.25) is 0 Å². The lowest BCUT2D eigenvalue weighted by Gasteiger charge is -2.34. The fraction of sp³-hybridized carbons (Fsp3) is 0.667. The third kappa shape index (κ3) is 3.47. The fourth-order valence-corrected chi connectivity index (χ4v) is 3.78. The van der Waals surface area contributed by atoms with Gasteiger partial charge in [0.2, 0.25) is 0 Å². The number of nitrogens with two attached hydrogens (primary N) is 1. The van der Waals surface area contributed by atoms with E-state index < -0.39 is 0 Å². The Kier molecular flexibility index (Phi) is 4.94. The average molecular weight is 288 g/mol. The first-order chi connectivity index (χ1) is 10.3. The minimum Gasteiger partial charge on any atom is -0.396 e. The van der Waals surface area contributed by atoms with E-state index in [0.717, 1.165) is 18.8 Å². The van der Waals surface area contributed by atoms with Crippen molar-refractivity contribution in [2.45, 2.75) is 56.5 Å². The molecule has 2 aliphatic carbocycles. The molecule has 0 amide bonds. The summed E-state index contributed by atoms with van der Waals surface area (Å²) in [6.45, 7) is 0.914. The van der Waals surface area contributed by atoms with E-state index in [0.29, 0.717) is 25.1 Å². The van der Waals surface area contributed by atoms with Crippen molar-refractivity contribution in [2.75, 3.05) is 13.2 Å². The van der Waals surface area contributed by atoms with Crippen LogP contribution in [0, 0.1) is 5.92 Å². The molecule has 3 heteroatoms. The maximum absolute atomic E-state index is 9.60. The highest BCUT2D eigenvalue weighted by Crippen LogP contribution is 2.43. The van der Waals surface area contributed by atoms with Crippen LogP contribution < -0.4 is 11.1 Å². The number of rotatable bonds is 6. The minimum absolute atomic E-state index is 0.221. The molecule has 2 fully saturated rings. The second-order valence-electron chi connectivity index (χ2n) is 6.69. The molecule has 3 atom stereocenters. The monoisotopic (exact) mass is 288 g/mol. The Bertz CT molecular complexity index is 458. The van der Waals surface area contributed by atoms with Crippen molar-refractivity contribution in [1.29, 1.82) is 0 Å². The molecule has 1 aromatic carbocycles. The van der Waals surface area contributed by atoms with E-state index in [9.17, 15) is 5.11 Å². The number of aliphatic hydroxyl groups excluding tert-OH is 1. The lowest BCUT2D eigenvalue weighted by molar-refractivity contribution is 0.146. The molecule has 0 heterocycles. The first kappa shape index (κ1) is 15.0. The van der Waals surface area contributed by atoms with E-state index in [2.05, 4.69) is 29.6 Å². The molecule has 0 radical (unpaired) electrons. The fourth-order valence-electron chi connectivity index (χ4n) is 3.78. The topological polar surface area (TPSA) is 58.3 Å². The molecule has 0 bridgehead atoms. The second kappa shape index (κ2) is 6.91. The molecule has 116 valence electrons. The minimum atomic E-state index is 0.221. The average Bonchev–Trinajstić information content (AvgIpc) is 3.38. The van der Waals surface area contributed by atoms with Gasteiger partial charge in [-0.1, -0.05) is 37.1 Å². The van der Waals surface area contributed by atoms with Crippen LogP contribution in [-0.4, -0.2) is 24.3 Å². The van der Waals surface area contributed by atoms with Crippen LogP contribution in [0.15, 0.2) is 24.3 Å². The summed E-state index contributed by atoms with van der Waals surface area (Å²) in [7, 11) is 0. The molecule has 0 aromatic heterocycles. The molecule has 0 aliphatic heterocycles. The predicted octanol–water partition coefficient (Wildman–Crippen LogP) is 2.70. The van der Waals surface area contributed by atoms with Gasteiger partial charge in [-0.25, -0.2) is 0 Å². The third-order valence-corrected chi connectivity index (χ3v) is 5.18. The van der Waals surface area contributed by atoms with Gasteiger partial charge in [0.05, 0.1) is 0 Å². The van der Waals surface area contributed by atoms with Gasteiger partial charge in [0.15, 0.2) is 0 Å². The molecule has 1 aromatic rings. The lowest BCUT2D eigenvalue weighted by Crippen LogP contribution is -2.44. The number of hydrogen-bond acceptors (Lipinski definition) is 3. The lowest BCUT2D eigenvalue weighted by atomic mass is 9.84. The van der Waals surface area contributed by atoms with Gasteiger partial charge in [-0.05, 0) is 48.6 Å². The third-order valence-electron chi connectivity index (χ3n) is 5.18. The van der Waals surface area contributed by atoms with E-state index in [1.165, 1.54) is 36.8 Å². The summed E-state index contributed by atoms with van der Waals surface area (Å²) in [4.78, 5) is 0. The van der Waals surface area contributed by atoms with Gasteiger partial charge < -0.3 is 16.2 Å². The highest BCUT2D eigenvalue weighted by molar-refractivity contribution is 5.35. The summed E-state index contributed by atoms with van der Waals surface area (Å²) < 4.78 is 0. The van der Waals surface area contributed by atoms with Crippen molar-refractivity contribution in [2.24, 2.45) is 11.7 Å². The number of aliphatic hydroxyl groups is 1. The number of nitrogens with one attached hydrogen (secondary N) is 1. The first-order valence-electron chi connectivity index (χ1n) is 8.49. The van der Waals surface area contributed by atoms with E-state index in [-0.39, 0.29) is 6.04 Å². The molecule has 0 saturated heterocycles. The zero-order valence-corrected chi connectivity index (χ0v) is 12.8. The standard InChI is InChI=1S/C18H28N2O/c19-11-18(20-17-8-4-1-5-14(17)12-21)16-7-3-2-6-15(16)13-9-10-13/h2-3,6-7,13-14,17-18,20-21H,1,4-5,8-12,19H2. The van der Waals surface area contributed by atoms with Crippen molar-refractivity contribution >= 4 is 0 Å². The molecule has 3 rings (SSSR count). The molecule has 3 nitrogen and oxygen atoms in total. The Morgan fingerprint density at radius 3 is 2.62 bits per heavy atom. The van der Waals surface area contributed by atoms with Crippen LogP contribution in [0.5, 0.6) is 0 Å². The largest absolute Gasteiger partial charge is 0.396 e. The summed E-state index contributed by atoms with van der Waals surface area (Å²) >= 11 is 0. The first-order valence-corrected chi connectivity index (χ1v) is 8.49. The molecule has 2 aliphatic rings. The molecular weight excluding hydrogens is 260 g/mol. The summed E-state index contributed by atoms with van der Waals surface area (Å²) in [6, 6.07) is 9.39. The summed E-state index contributed by atoms with van der Waals surface area (Å²) in [5.74, 6) is 1.14. The van der Waals surface area contributed by atoms with Crippen molar-refractivity contribution in [1.82, 2.24) is 5.32 Å². The van der Waals surface area contributed by atoms with Crippen molar-refractivity contribution < 1.29 is 5.11 Å². The van der Waals surface area contributed by atoms with Gasteiger partial charge in [0, 0.05) is 25.2 Å². The molecule has 21 heavy (non-hydrogen) atoms. The Morgan fingerprint density at radius 2 is 1.90 bits per heavy atom. The zero-order valence-electron chi connectivity index (χ0n) is 12.8. The molecule has 0 spiro atoms. The van der Waals surface area contributed by atoms with Crippen molar-refractivity contribution in [3.63, 3.8) is 0 Å². The number of hydrogen-bond donors (Lipinski definition) is 3. The van der Waals surface area contributed by atoms with Crippen molar-refractivity contribution in [3.8, 4) is 0 Å². The summed E-state index contributed by atoms with van der Waals surface area (Å²) in [6.07, 6.45) is 7.43.